The number of halogens is 1. The Kier molecular flexibility index (Phi) is 4.08. The van der Waals surface area contributed by atoms with Crippen LogP contribution in [0.3, 0.4) is 0 Å². The Labute approximate surface area is 161 Å². The number of aryl methyl sites for hydroxylation is 3. The molecule has 27 heavy (non-hydrogen) atoms. The van der Waals surface area contributed by atoms with E-state index in [0.717, 1.165) is 55.4 Å². The molecule has 0 aliphatic rings. The minimum Gasteiger partial charge on any atom is -0.478 e. The van der Waals surface area contributed by atoms with Crippen LogP contribution in [0, 0.1) is 20.8 Å². The number of benzene rings is 2. The van der Waals surface area contributed by atoms with E-state index < -0.39 is 5.97 Å². The van der Waals surface area contributed by atoms with Crippen molar-refractivity contribution in [2.24, 2.45) is 0 Å². The number of carboxylic acid groups (broad SMARTS) is 1. The Bertz CT molecular complexity index is 1180. The molecule has 2 N–H and O–H groups in total. The molecule has 0 fully saturated rings. The van der Waals surface area contributed by atoms with E-state index in [1.54, 1.807) is 24.3 Å². The predicted octanol–water partition coefficient (Wildman–Crippen LogP) is 6.37. The number of fused-ring (bicyclic) bond motifs is 1. The lowest BCUT2D eigenvalue weighted by atomic mass is 10.0. The van der Waals surface area contributed by atoms with E-state index in [1.807, 2.05) is 39.0 Å². The van der Waals surface area contributed by atoms with Crippen LogP contribution in [0.4, 0.5) is 0 Å². The van der Waals surface area contributed by atoms with Crippen LogP contribution in [0.1, 0.15) is 27.0 Å². The van der Waals surface area contributed by atoms with E-state index >= 15 is 0 Å². The van der Waals surface area contributed by atoms with Gasteiger partial charge in [0, 0.05) is 21.7 Å². The summed E-state index contributed by atoms with van der Waals surface area (Å²) in [5.41, 5.74) is 6.86. The maximum Gasteiger partial charge on any atom is 0.335 e. The summed E-state index contributed by atoms with van der Waals surface area (Å²) in [5.74, 6) is -0.150. The molecule has 0 radical (unpaired) electrons. The number of aromatic carboxylic acids is 1. The molecule has 4 aromatic rings. The number of aromatic amines is 1. The first-order chi connectivity index (χ1) is 12.9. The van der Waals surface area contributed by atoms with Gasteiger partial charge in [-0.25, -0.2) is 4.79 Å². The van der Waals surface area contributed by atoms with Crippen LogP contribution >= 0.6 is 11.6 Å². The summed E-state index contributed by atoms with van der Waals surface area (Å²) in [6.45, 7) is 6.02. The topological polar surface area (TPSA) is 66.2 Å². The Hall–Kier alpha value is -2.98. The van der Waals surface area contributed by atoms with E-state index in [1.165, 1.54) is 0 Å². The summed E-state index contributed by atoms with van der Waals surface area (Å²) in [7, 11) is 0. The van der Waals surface area contributed by atoms with Crippen LogP contribution < -0.4 is 0 Å². The lowest BCUT2D eigenvalue weighted by Gasteiger charge is -2.02. The molecule has 0 saturated carbocycles. The zero-order chi connectivity index (χ0) is 19.3. The Morgan fingerprint density at radius 2 is 1.67 bits per heavy atom. The molecule has 136 valence electrons. The van der Waals surface area contributed by atoms with E-state index in [-0.39, 0.29) is 5.56 Å². The largest absolute Gasteiger partial charge is 0.478 e. The first-order valence-corrected chi connectivity index (χ1v) is 8.96. The second kappa shape index (κ2) is 6.32. The van der Waals surface area contributed by atoms with Crippen molar-refractivity contribution in [3.63, 3.8) is 0 Å². The van der Waals surface area contributed by atoms with Crippen LogP contribution in [0.5, 0.6) is 0 Å². The van der Waals surface area contributed by atoms with Crippen LogP contribution in [0.15, 0.2) is 46.9 Å². The third kappa shape index (κ3) is 2.82. The van der Waals surface area contributed by atoms with Crippen LogP contribution in [-0.2, 0) is 0 Å². The lowest BCUT2D eigenvalue weighted by Crippen LogP contribution is -1.94. The molecule has 5 heteroatoms. The van der Waals surface area contributed by atoms with Gasteiger partial charge in [0.05, 0.1) is 11.3 Å². The van der Waals surface area contributed by atoms with Crippen LogP contribution in [-0.4, -0.2) is 16.1 Å². The molecule has 4 nitrogen and oxygen atoms in total. The van der Waals surface area contributed by atoms with Gasteiger partial charge in [0.1, 0.15) is 5.58 Å². The smallest absolute Gasteiger partial charge is 0.335 e. The summed E-state index contributed by atoms with van der Waals surface area (Å²) in [6, 6.07) is 12.6. The van der Waals surface area contributed by atoms with Crippen molar-refractivity contribution in [1.82, 2.24) is 4.98 Å². The highest BCUT2D eigenvalue weighted by molar-refractivity contribution is 6.32. The van der Waals surface area contributed by atoms with Gasteiger partial charge in [-0.1, -0.05) is 23.7 Å². The van der Waals surface area contributed by atoms with Gasteiger partial charge in [-0.2, -0.15) is 0 Å². The van der Waals surface area contributed by atoms with Gasteiger partial charge in [0.15, 0.2) is 5.76 Å². The maximum absolute atomic E-state index is 11.0. The Morgan fingerprint density at radius 1 is 1.00 bits per heavy atom. The molecule has 0 aliphatic heterocycles. The molecule has 2 aromatic carbocycles. The monoisotopic (exact) mass is 379 g/mol. The van der Waals surface area contributed by atoms with Gasteiger partial charge in [0.25, 0.3) is 0 Å². The fourth-order valence-electron chi connectivity index (χ4n) is 3.47. The first kappa shape index (κ1) is 17.4. The number of H-pyrrole nitrogens is 1. The zero-order valence-corrected chi connectivity index (χ0v) is 15.9. The lowest BCUT2D eigenvalue weighted by molar-refractivity contribution is 0.0697. The molecule has 0 amide bonds. The van der Waals surface area contributed by atoms with Gasteiger partial charge in [-0.05, 0) is 67.8 Å². The summed E-state index contributed by atoms with van der Waals surface area (Å²) >= 11 is 6.35. The van der Waals surface area contributed by atoms with Crippen molar-refractivity contribution in [3.8, 4) is 22.7 Å². The fourth-order valence-corrected chi connectivity index (χ4v) is 3.73. The SMILES string of the molecule is Cc1cc(Cl)c(C)c2c(C)c(-c3ccc(-c4ccc(C(=O)O)cc4)[nH]3)oc12. The molecule has 2 aromatic heterocycles. The van der Waals surface area contributed by atoms with Crippen molar-refractivity contribution in [2.75, 3.05) is 0 Å². The average Bonchev–Trinajstić information content (AvgIpc) is 3.25. The molecule has 0 saturated heterocycles. The summed E-state index contributed by atoms with van der Waals surface area (Å²) in [4.78, 5) is 14.4. The number of hydrogen-bond acceptors (Lipinski definition) is 2. The van der Waals surface area contributed by atoms with Crippen LogP contribution in [0.25, 0.3) is 33.7 Å². The highest BCUT2D eigenvalue weighted by Crippen LogP contribution is 2.39. The molecule has 0 atom stereocenters. The number of nitrogens with one attached hydrogen (secondary N) is 1. The minimum atomic E-state index is -0.934. The second-order valence-corrected chi connectivity index (χ2v) is 7.14. The molecule has 4 rings (SSSR count). The van der Waals surface area contributed by atoms with Gasteiger partial charge in [-0.3, -0.25) is 0 Å². The van der Waals surface area contributed by atoms with Crippen LogP contribution in [0.2, 0.25) is 5.02 Å². The number of carboxylic acids is 1. The van der Waals surface area contributed by atoms with Crippen molar-refractivity contribution >= 4 is 28.5 Å². The minimum absolute atomic E-state index is 0.265. The van der Waals surface area contributed by atoms with E-state index in [4.69, 9.17) is 21.1 Å². The third-order valence-corrected chi connectivity index (χ3v) is 5.35. The van der Waals surface area contributed by atoms with Crippen molar-refractivity contribution in [1.29, 1.82) is 0 Å². The molecular weight excluding hydrogens is 362 g/mol. The molecular formula is C22H18ClNO3. The average molecular weight is 380 g/mol. The van der Waals surface area contributed by atoms with Gasteiger partial charge >= 0.3 is 5.97 Å². The molecule has 0 unspecified atom stereocenters. The Morgan fingerprint density at radius 3 is 2.33 bits per heavy atom. The van der Waals surface area contributed by atoms with E-state index in [2.05, 4.69) is 4.98 Å². The first-order valence-electron chi connectivity index (χ1n) is 8.58. The van der Waals surface area contributed by atoms with E-state index in [9.17, 15) is 4.79 Å². The number of aromatic nitrogens is 1. The quantitative estimate of drug-likeness (QED) is 0.434. The second-order valence-electron chi connectivity index (χ2n) is 6.73. The number of rotatable bonds is 3. The standard InChI is InChI=1S/C22H18ClNO3/c1-11-10-16(23)12(2)19-13(3)21(27-20(11)19)18-9-8-17(24-18)14-4-6-15(7-5-14)22(25)26/h4-10,24H,1-3H3,(H,25,26). The highest BCUT2D eigenvalue weighted by Gasteiger charge is 2.19. The normalized spacial score (nSPS) is 11.3. The molecule has 0 spiro atoms. The molecule has 0 aliphatic carbocycles. The summed E-state index contributed by atoms with van der Waals surface area (Å²) in [5, 5.41) is 10.8. The fraction of sp³-hybridized carbons (Fsp3) is 0.136. The van der Waals surface area contributed by atoms with Crippen molar-refractivity contribution in [3.05, 3.63) is 69.7 Å². The third-order valence-electron chi connectivity index (χ3n) is 4.95. The maximum atomic E-state index is 11.0. The number of hydrogen-bond donors (Lipinski definition) is 2. The van der Waals surface area contributed by atoms with Crippen molar-refractivity contribution in [2.45, 2.75) is 20.8 Å². The highest BCUT2D eigenvalue weighted by atomic mass is 35.5. The Balaban J connectivity index is 1.80. The number of carbonyl (C=O) groups is 1. The van der Waals surface area contributed by atoms with Crippen molar-refractivity contribution < 1.29 is 14.3 Å². The molecule has 0 bridgehead atoms. The zero-order valence-electron chi connectivity index (χ0n) is 15.2. The summed E-state index contributed by atoms with van der Waals surface area (Å²) in [6.07, 6.45) is 0. The van der Waals surface area contributed by atoms with Gasteiger partial charge in [-0.15, -0.1) is 0 Å². The summed E-state index contributed by atoms with van der Waals surface area (Å²) < 4.78 is 6.18. The molecule has 2 heterocycles. The van der Waals surface area contributed by atoms with Gasteiger partial charge < -0.3 is 14.5 Å². The van der Waals surface area contributed by atoms with Gasteiger partial charge in [0.2, 0.25) is 0 Å². The number of furan rings is 1. The van der Waals surface area contributed by atoms with E-state index in [0.29, 0.717) is 0 Å². The predicted molar refractivity (Wildman–Crippen MR) is 108 cm³/mol.